The molecule has 0 bridgehead atoms. The molecule has 17 heavy (non-hydrogen) atoms. The van der Waals surface area contributed by atoms with Crippen LogP contribution in [-0.4, -0.2) is 33.9 Å². The molecule has 1 aromatic rings. The average molecular weight is 233 g/mol. The summed E-state index contributed by atoms with van der Waals surface area (Å²) in [5.41, 5.74) is 2.33. The standard InChI is InChI=1S/C13H19N3O/c17-13(16-6-2-1-3-7-16)10-4-5-11-12(8-10)15-9-14-11/h9-10H,1-8H2,(H,14,15). The maximum atomic E-state index is 12.4. The normalized spacial score (nSPS) is 24.5. The number of hydrogen-bond donors (Lipinski definition) is 1. The van der Waals surface area contributed by atoms with Crippen molar-refractivity contribution in [3.63, 3.8) is 0 Å². The smallest absolute Gasteiger partial charge is 0.226 e. The predicted octanol–water partition coefficient (Wildman–Crippen LogP) is 1.53. The number of aromatic amines is 1. The lowest BCUT2D eigenvalue weighted by Crippen LogP contribution is -2.41. The van der Waals surface area contributed by atoms with Gasteiger partial charge < -0.3 is 9.88 Å². The molecule has 1 amide bonds. The highest BCUT2D eigenvalue weighted by atomic mass is 16.2. The summed E-state index contributed by atoms with van der Waals surface area (Å²) >= 11 is 0. The fourth-order valence-electron chi connectivity index (χ4n) is 2.98. The summed E-state index contributed by atoms with van der Waals surface area (Å²) in [6.07, 6.45) is 8.14. The number of H-pyrrole nitrogens is 1. The number of likely N-dealkylation sites (tertiary alicyclic amines) is 1. The van der Waals surface area contributed by atoms with E-state index in [1.165, 1.54) is 25.0 Å². The highest BCUT2D eigenvalue weighted by Crippen LogP contribution is 2.25. The van der Waals surface area contributed by atoms with Crippen LogP contribution < -0.4 is 0 Å². The van der Waals surface area contributed by atoms with Gasteiger partial charge in [-0.15, -0.1) is 0 Å². The number of aryl methyl sites for hydroxylation is 1. The van der Waals surface area contributed by atoms with Crippen molar-refractivity contribution in [3.05, 3.63) is 17.7 Å². The van der Waals surface area contributed by atoms with Crippen LogP contribution in [0.2, 0.25) is 0 Å². The van der Waals surface area contributed by atoms with E-state index in [4.69, 9.17) is 0 Å². The molecule has 1 fully saturated rings. The molecule has 1 N–H and O–H groups in total. The van der Waals surface area contributed by atoms with Gasteiger partial charge in [-0.25, -0.2) is 4.98 Å². The number of fused-ring (bicyclic) bond motifs is 1. The van der Waals surface area contributed by atoms with Crippen LogP contribution in [0.15, 0.2) is 6.33 Å². The molecule has 1 unspecified atom stereocenters. The average Bonchev–Trinajstić information content (AvgIpc) is 2.86. The third-order valence-electron chi connectivity index (χ3n) is 4.00. The van der Waals surface area contributed by atoms with Gasteiger partial charge in [-0.1, -0.05) is 0 Å². The Balaban J connectivity index is 1.67. The van der Waals surface area contributed by atoms with Crippen LogP contribution in [0, 0.1) is 5.92 Å². The summed E-state index contributed by atoms with van der Waals surface area (Å²) in [7, 11) is 0. The highest BCUT2D eigenvalue weighted by Gasteiger charge is 2.29. The first-order valence-electron chi connectivity index (χ1n) is 6.64. The van der Waals surface area contributed by atoms with Crippen LogP contribution in [0.5, 0.6) is 0 Å². The molecular formula is C13H19N3O. The largest absolute Gasteiger partial charge is 0.348 e. The minimum atomic E-state index is 0.182. The van der Waals surface area contributed by atoms with E-state index in [2.05, 4.69) is 14.9 Å². The Labute approximate surface area is 101 Å². The number of hydrogen-bond acceptors (Lipinski definition) is 2. The Bertz CT molecular complexity index is 407. The highest BCUT2D eigenvalue weighted by molar-refractivity contribution is 5.79. The number of carbonyl (C=O) groups excluding carboxylic acids is 1. The lowest BCUT2D eigenvalue weighted by molar-refractivity contribution is -0.136. The summed E-state index contributed by atoms with van der Waals surface area (Å²) in [6.45, 7) is 1.93. The topological polar surface area (TPSA) is 49.0 Å². The van der Waals surface area contributed by atoms with Gasteiger partial charge in [0, 0.05) is 31.1 Å². The molecule has 0 spiro atoms. The van der Waals surface area contributed by atoms with Crippen LogP contribution in [-0.2, 0) is 17.6 Å². The Morgan fingerprint density at radius 1 is 1.35 bits per heavy atom. The first-order valence-corrected chi connectivity index (χ1v) is 6.64. The molecule has 1 aliphatic carbocycles. The molecule has 1 aliphatic heterocycles. The Morgan fingerprint density at radius 3 is 3.00 bits per heavy atom. The molecule has 2 heterocycles. The van der Waals surface area contributed by atoms with Crippen molar-refractivity contribution in [1.82, 2.24) is 14.9 Å². The van der Waals surface area contributed by atoms with Gasteiger partial charge in [-0.3, -0.25) is 4.79 Å². The van der Waals surface area contributed by atoms with Crippen LogP contribution in [0.25, 0.3) is 0 Å². The van der Waals surface area contributed by atoms with Crippen LogP contribution in [0.4, 0.5) is 0 Å². The van der Waals surface area contributed by atoms with Crippen molar-refractivity contribution in [1.29, 1.82) is 0 Å². The summed E-state index contributed by atoms with van der Waals surface area (Å²) < 4.78 is 0. The first-order chi connectivity index (χ1) is 8.34. The first kappa shape index (κ1) is 10.8. The van der Waals surface area contributed by atoms with Crippen molar-refractivity contribution in [2.75, 3.05) is 13.1 Å². The molecular weight excluding hydrogens is 214 g/mol. The van der Waals surface area contributed by atoms with Crippen molar-refractivity contribution >= 4 is 5.91 Å². The van der Waals surface area contributed by atoms with Gasteiger partial charge in [0.25, 0.3) is 0 Å². The third-order valence-corrected chi connectivity index (χ3v) is 4.00. The summed E-state index contributed by atoms with van der Waals surface area (Å²) in [5.74, 6) is 0.547. The number of nitrogens with zero attached hydrogens (tertiary/aromatic N) is 2. The quantitative estimate of drug-likeness (QED) is 0.799. The van der Waals surface area contributed by atoms with E-state index in [1.54, 1.807) is 6.33 Å². The van der Waals surface area contributed by atoms with Gasteiger partial charge in [0.05, 0.1) is 12.0 Å². The summed E-state index contributed by atoms with van der Waals surface area (Å²) in [4.78, 5) is 21.9. The third kappa shape index (κ3) is 2.08. The molecule has 4 heteroatoms. The number of nitrogens with one attached hydrogen (secondary N) is 1. The Morgan fingerprint density at radius 2 is 2.18 bits per heavy atom. The van der Waals surface area contributed by atoms with Crippen LogP contribution in [0.3, 0.4) is 0 Å². The van der Waals surface area contributed by atoms with E-state index >= 15 is 0 Å². The molecule has 1 aromatic heterocycles. The van der Waals surface area contributed by atoms with E-state index in [9.17, 15) is 4.79 Å². The minimum Gasteiger partial charge on any atom is -0.348 e. The molecule has 2 aliphatic rings. The maximum Gasteiger partial charge on any atom is 0.226 e. The fraction of sp³-hybridized carbons (Fsp3) is 0.692. The van der Waals surface area contributed by atoms with E-state index in [0.29, 0.717) is 5.91 Å². The second kappa shape index (κ2) is 4.51. The Hall–Kier alpha value is -1.32. The molecule has 0 saturated carbocycles. The lowest BCUT2D eigenvalue weighted by Gasteiger charge is -2.31. The van der Waals surface area contributed by atoms with Crippen LogP contribution in [0.1, 0.15) is 37.1 Å². The molecule has 0 radical (unpaired) electrons. The minimum absolute atomic E-state index is 0.182. The second-order valence-corrected chi connectivity index (χ2v) is 5.15. The number of amides is 1. The summed E-state index contributed by atoms with van der Waals surface area (Å²) in [5, 5.41) is 0. The fourth-order valence-corrected chi connectivity index (χ4v) is 2.98. The monoisotopic (exact) mass is 233 g/mol. The Kier molecular flexibility index (Phi) is 2.87. The number of imidazole rings is 1. The zero-order chi connectivity index (χ0) is 11.7. The number of piperidine rings is 1. The lowest BCUT2D eigenvalue weighted by atomic mass is 9.88. The van der Waals surface area contributed by atoms with E-state index < -0.39 is 0 Å². The molecule has 1 saturated heterocycles. The molecule has 1 atom stereocenters. The van der Waals surface area contributed by atoms with Gasteiger partial charge >= 0.3 is 0 Å². The summed E-state index contributed by atoms with van der Waals surface area (Å²) in [6, 6.07) is 0. The van der Waals surface area contributed by atoms with Crippen molar-refractivity contribution in [3.8, 4) is 0 Å². The van der Waals surface area contributed by atoms with Gasteiger partial charge in [-0.2, -0.15) is 0 Å². The number of carbonyl (C=O) groups is 1. The van der Waals surface area contributed by atoms with E-state index in [1.807, 2.05) is 0 Å². The van der Waals surface area contributed by atoms with Crippen molar-refractivity contribution in [2.24, 2.45) is 5.92 Å². The molecule has 3 rings (SSSR count). The van der Waals surface area contributed by atoms with Gasteiger partial charge in [0.15, 0.2) is 0 Å². The van der Waals surface area contributed by atoms with Crippen LogP contribution >= 0.6 is 0 Å². The molecule has 92 valence electrons. The van der Waals surface area contributed by atoms with Crippen molar-refractivity contribution < 1.29 is 4.79 Å². The molecule has 4 nitrogen and oxygen atoms in total. The predicted molar refractivity (Wildman–Crippen MR) is 64.5 cm³/mol. The van der Waals surface area contributed by atoms with Gasteiger partial charge in [0.1, 0.15) is 0 Å². The van der Waals surface area contributed by atoms with Crippen molar-refractivity contribution in [2.45, 2.75) is 38.5 Å². The van der Waals surface area contributed by atoms with E-state index in [-0.39, 0.29) is 5.92 Å². The second-order valence-electron chi connectivity index (χ2n) is 5.15. The van der Waals surface area contributed by atoms with Gasteiger partial charge in [-0.05, 0) is 32.1 Å². The zero-order valence-electron chi connectivity index (χ0n) is 10.1. The maximum absolute atomic E-state index is 12.4. The SMILES string of the molecule is O=C(C1CCc2nc[nH]c2C1)N1CCCCC1. The van der Waals surface area contributed by atoms with E-state index in [0.717, 1.165) is 38.0 Å². The number of aromatic nitrogens is 2. The number of rotatable bonds is 1. The molecule has 0 aromatic carbocycles. The zero-order valence-corrected chi connectivity index (χ0v) is 10.1. The van der Waals surface area contributed by atoms with Gasteiger partial charge in [0.2, 0.25) is 5.91 Å².